The molecule has 0 bridgehead atoms. The van der Waals surface area contributed by atoms with Crippen LogP contribution in [0.5, 0.6) is 0 Å². The number of hydrogen-bond donors (Lipinski definition) is 0. The fraction of sp³-hybridized carbons (Fsp3) is 0.135. The van der Waals surface area contributed by atoms with Gasteiger partial charge in [0.15, 0.2) is 5.82 Å². The minimum atomic E-state index is 0.678. The minimum absolute atomic E-state index is 0.678. The third-order valence-electron chi connectivity index (χ3n) is 7.50. The van der Waals surface area contributed by atoms with E-state index in [-0.39, 0.29) is 0 Å². The monoisotopic (exact) mass is 583 g/mol. The van der Waals surface area contributed by atoms with Crippen LogP contribution in [-0.4, -0.2) is 29.8 Å². The van der Waals surface area contributed by atoms with Crippen LogP contribution in [0.3, 0.4) is 0 Å². The van der Waals surface area contributed by atoms with Gasteiger partial charge in [-0.3, -0.25) is 9.56 Å². The number of fused-ring (bicyclic) bond motifs is 10. The van der Waals surface area contributed by atoms with Gasteiger partial charge in [-0.1, -0.05) is 105 Å². The number of allylic oxidation sites excluding steroid dienone is 1. The minimum Gasteiger partial charge on any atom is -0.292 e. The summed E-state index contributed by atoms with van der Waals surface area (Å²) >= 11 is 3.54. The molecule has 2 heterocycles. The average molecular weight is 584 g/mol. The largest absolute Gasteiger partial charge is 0.292 e. The van der Waals surface area contributed by atoms with E-state index in [9.17, 15) is 0 Å². The van der Waals surface area contributed by atoms with Crippen LogP contribution >= 0.6 is 23.1 Å². The third-order valence-corrected chi connectivity index (χ3v) is 9.47. The Morgan fingerprint density at radius 3 is 2.07 bits per heavy atom. The number of rotatable bonds is 6. The molecule has 7 rings (SSSR count). The van der Waals surface area contributed by atoms with Crippen molar-refractivity contribution in [3.8, 4) is 0 Å². The lowest BCUT2D eigenvalue weighted by Gasteiger charge is -2.17. The van der Waals surface area contributed by atoms with Crippen molar-refractivity contribution in [1.82, 2.24) is 4.57 Å². The van der Waals surface area contributed by atoms with Crippen LogP contribution < -0.4 is 0 Å². The van der Waals surface area contributed by atoms with Crippen molar-refractivity contribution < 1.29 is 0 Å². The van der Waals surface area contributed by atoms with E-state index < -0.39 is 0 Å². The molecule has 0 aliphatic carbocycles. The second kappa shape index (κ2) is 12.0. The normalized spacial score (nSPS) is 12.6. The predicted molar refractivity (Wildman–Crippen MR) is 191 cm³/mol. The quantitative estimate of drug-likeness (QED) is 0.179. The first kappa shape index (κ1) is 28.0. The van der Waals surface area contributed by atoms with Gasteiger partial charge in [0.05, 0.1) is 21.7 Å². The summed E-state index contributed by atoms with van der Waals surface area (Å²) in [6.45, 7) is 10.9. The summed E-state index contributed by atoms with van der Waals surface area (Å²) < 4.78 is 4.93. The summed E-state index contributed by atoms with van der Waals surface area (Å²) in [4.78, 5) is 10.7. The van der Waals surface area contributed by atoms with Crippen LogP contribution in [0.1, 0.15) is 26.3 Å². The molecule has 0 amide bonds. The van der Waals surface area contributed by atoms with E-state index in [0.29, 0.717) is 6.54 Å². The number of hydrogen-bond acceptors (Lipinski definition) is 4. The maximum absolute atomic E-state index is 4.98. The van der Waals surface area contributed by atoms with Gasteiger partial charge in [-0.15, -0.1) is 23.1 Å². The summed E-state index contributed by atoms with van der Waals surface area (Å²) in [7, 11) is 0. The van der Waals surface area contributed by atoms with Crippen LogP contribution in [0, 0.1) is 0 Å². The van der Waals surface area contributed by atoms with Crippen LogP contribution in [0.15, 0.2) is 118 Å². The molecule has 3 nitrogen and oxygen atoms in total. The van der Waals surface area contributed by atoms with E-state index in [0.717, 1.165) is 33.0 Å². The molecule has 5 heteroatoms. The molecular formula is C37H33N3S2. The van der Waals surface area contributed by atoms with Gasteiger partial charge in [0.25, 0.3) is 0 Å². The molecule has 0 N–H and O–H groups in total. The Kier molecular flexibility index (Phi) is 7.96. The van der Waals surface area contributed by atoms with E-state index in [1.165, 1.54) is 41.7 Å². The Balaban J connectivity index is 0.00000155. The maximum Gasteiger partial charge on any atom is 0.152 e. The standard InChI is InChI=1S/C35H27N3S2.C2H6/c1-4-37-31(22-14-6-5-7-15-22)34(39-3)35(36-2)38-27-20-12-10-18-25(27)30-32(38)24-17-9-8-16-23(24)29-26-19-11-13-21-28(26)40-33(29)30;1-2/h5-21H,2,4H2,1,3H3;1-2H3/b35-34-,37-31?;. The number of nitrogens with zero attached hydrogens (tertiary/aromatic N) is 3. The van der Waals surface area contributed by atoms with Gasteiger partial charge < -0.3 is 0 Å². The van der Waals surface area contributed by atoms with Crippen molar-refractivity contribution in [2.45, 2.75) is 20.8 Å². The van der Waals surface area contributed by atoms with Crippen LogP contribution in [0.4, 0.5) is 0 Å². The summed E-state index contributed by atoms with van der Waals surface area (Å²) in [5.41, 5.74) is 4.29. The van der Waals surface area contributed by atoms with Crippen molar-refractivity contribution in [2.75, 3.05) is 12.8 Å². The topological polar surface area (TPSA) is 29.6 Å². The Bertz CT molecular complexity index is 2150. The van der Waals surface area contributed by atoms with Crippen molar-refractivity contribution in [3.05, 3.63) is 114 Å². The SMILES string of the molecule is C=N/C(=C(/SC)C(=NCC)c1ccccc1)n1c2ccccc2c2c3sc4ccccc4c3c3ccccc3c21.CC. The van der Waals surface area contributed by atoms with Crippen molar-refractivity contribution in [1.29, 1.82) is 0 Å². The molecule has 208 valence electrons. The maximum atomic E-state index is 4.98. The Morgan fingerprint density at radius 2 is 1.38 bits per heavy atom. The van der Waals surface area contributed by atoms with Gasteiger partial charge in [-0.2, -0.15) is 0 Å². The molecule has 0 saturated carbocycles. The van der Waals surface area contributed by atoms with E-state index >= 15 is 0 Å². The molecule has 0 aliphatic heterocycles. The molecule has 5 aromatic carbocycles. The highest BCUT2D eigenvalue weighted by Crippen LogP contribution is 2.48. The molecule has 42 heavy (non-hydrogen) atoms. The van der Waals surface area contributed by atoms with Gasteiger partial charge in [0.2, 0.25) is 0 Å². The number of aliphatic imine (C=N–C) groups is 2. The molecule has 0 aliphatic rings. The lowest BCUT2D eigenvalue weighted by atomic mass is 10.00. The van der Waals surface area contributed by atoms with Crippen LogP contribution in [-0.2, 0) is 0 Å². The Labute approximate surface area is 254 Å². The lowest BCUT2D eigenvalue weighted by Crippen LogP contribution is -2.09. The fourth-order valence-corrected chi connectivity index (χ4v) is 7.92. The average Bonchev–Trinajstić information content (AvgIpc) is 3.61. The number of thiophene rings is 1. The van der Waals surface area contributed by atoms with Gasteiger partial charge in [0.1, 0.15) is 0 Å². The molecule has 0 fully saturated rings. The highest BCUT2D eigenvalue weighted by atomic mass is 32.2. The van der Waals surface area contributed by atoms with Crippen molar-refractivity contribution in [2.24, 2.45) is 9.98 Å². The number of thioether (sulfide) groups is 1. The van der Waals surface area contributed by atoms with E-state index in [1.54, 1.807) is 11.8 Å². The molecular weight excluding hydrogens is 551 g/mol. The highest BCUT2D eigenvalue weighted by Gasteiger charge is 2.24. The zero-order valence-corrected chi connectivity index (χ0v) is 26.0. The number of aromatic nitrogens is 1. The second-order valence-electron chi connectivity index (χ2n) is 9.63. The zero-order valence-electron chi connectivity index (χ0n) is 24.4. The van der Waals surface area contributed by atoms with Crippen molar-refractivity contribution >= 4 is 94.1 Å². The van der Waals surface area contributed by atoms with E-state index in [1.807, 2.05) is 31.3 Å². The lowest BCUT2D eigenvalue weighted by molar-refractivity contribution is 1.13. The van der Waals surface area contributed by atoms with Crippen LogP contribution in [0.25, 0.3) is 58.6 Å². The highest BCUT2D eigenvalue weighted by molar-refractivity contribution is 8.03. The van der Waals surface area contributed by atoms with Gasteiger partial charge in [0, 0.05) is 48.4 Å². The summed E-state index contributed by atoms with van der Waals surface area (Å²) in [5.74, 6) is 0.806. The zero-order chi connectivity index (χ0) is 29.2. The molecule has 0 saturated heterocycles. The van der Waals surface area contributed by atoms with Gasteiger partial charge in [-0.25, -0.2) is 4.99 Å². The van der Waals surface area contributed by atoms with Crippen LogP contribution in [0.2, 0.25) is 0 Å². The molecule has 0 atom stereocenters. The first-order chi connectivity index (χ1) is 20.8. The first-order valence-corrected chi connectivity index (χ1v) is 16.4. The Hall–Kier alpha value is -4.19. The summed E-state index contributed by atoms with van der Waals surface area (Å²) in [5, 5.41) is 7.58. The number of para-hydroxylation sites is 1. The van der Waals surface area contributed by atoms with Crippen molar-refractivity contribution in [3.63, 3.8) is 0 Å². The fourth-order valence-electron chi connectivity index (χ4n) is 5.93. The second-order valence-corrected chi connectivity index (χ2v) is 11.5. The van der Waals surface area contributed by atoms with E-state index in [4.69, 9.17) is 9.98 Å². The predicted octanol–water partition coefficient (Wildman–Crippen LogP) is 11.0. The molecule has 0 spiro atoms. The number of benzene rings is 5. The molecule has 0 radical (unpaired) electrons. The summed E-state index contributed by atoms with van der Waals surface area (Å²) in [6.07, 6.45) is 2.10. The first-order valence-electron chi connectivity index (χ1n) is 14.4. The molecule has 0 unspecified atom stereocenters. The third kappa shape index (κ3) is 4.36. The van der Waals surface area contributed by atoms with Gasteiger partial charge >= 0.3 is 0 Å². The Morgan fingerprint density at radius 1 is 0.762 bits per heavy atom. The van der Waals surface area contributed by atoms with Gasteiger partial charge in [-0.05, 0) is 37.4 Å². The summed E-state index contributed by atoms with van der Waals surface area (Å²) in [6, 6.07) is 36.6. The smallest absolute Gasteiger partial charge is 0.152 e. The van der Waals surface area contributed by atoms with E-state index in [2.05, 4.69) is 122 Å². The molecule has 2 aromatic heterocycles. The molecule has 7 aromatic rings.